The fourth-order valence-corrected chi connectivity index (χ4v) is 1.19. The van der Waals surface area contributed by atoms with Gasteiger partial charge < -0.3 is 9.84 Å². The van der Waals surface area contributed by atoms with Crippen molar-refractivity contribution >= 4 is 5.97 Å². The van der Waals surface area contributed by atoms with Crippen LogP contribution < -0.4 is 4.74 Å². The fraction of sp³-hybridized carbons (Fsp3) is 0.417. The zero-order valence-corrected chi connectivity index (χ0v) is 9.23. The van der Waals surface area contributed by atoms with E-state index in [0.717, 1.165) is 0 Å². The Morgan fingerprint density at radius 1 is 1.20 bits per heavy atom. The minimum absolute atomic E-state index is 0.468. The maximum absolute atomic E-state index is 10.6. The molecule has 3 nitrogen and oxygen atoms in total. The van der Waals surface area contributed by atoms with Crippen LogP contribution in [0, 0.1) is 0 Å². The molecule has 0 unspecified atom stereocenters. The largest absolute Gasteiger partial charge is 0.479 e. The Kier molecular flexibility index (Phi) is 3.72. The molecule has 3 heteroatoms. The Hall–Kier alpha value is -1.51. The van der Waals surface area contributed by atoms with E-state index in [4.69, 9.17) is 9.84 Å². The van der Waals surface area contributed by atoms with Crippen molar-refractivity contribution in [2.45, 2.75) is 32.8 Å². The molecule has 0 saturated carbocycles. The Bertz CT molecular complexity index is 327. The molecule has 0 amide bonds. The third-order valence-corrected chi connectivity index (χ3v) is 2.21. The highest BCUT2D eigenvalue weighted by molar-refractivity contribution is 5.72. The lowest BCUT2D eigenvalue weighted by Crippen LogP contribution is -2.22. The summed E-state index contributed by atoms with van der Waals surface area (Å²) in [5, 5.41) is 8.66. The van der Waals surface area contributed by atoms with Crippen LogP contribution >= 0.6 is 0 Å². The highest BCUT2D eigenvalue weighted by Gasteiger charge is 2.12. The average Bonchev–Trinajstić information content (AvgIpc) is 2.18. The molecule has 1 aromatic carbocycles. The van der Waals surface area contributed by atoms with E-state index in [2.05, 4.69) is 13.8 Å². The van der Waals surface area contributed by atoms with Crippen molar-refractivity contribution in [1.29, 1.82) is 0 Å². The average molecular weight is 208 g/mol. The van der Waals surface area contributed by atoms with E-state index in [1.807, 2.05) is 12.1 Å². The summed E-state index contributed by atoms with van der Waals surface area (Å²) >= 11 is 0. The maximum atomic E-state index is 10.6. The van der Waals surface area contributed by atoms with E-state index < -0.39 is 12.1 Å². The molecule has 0 bridgehead atoms. The van der Waals surface area contributed by atoms with Crippen molar-refractivity contribution in [3.05, 3.63) is 29.8 Å². The second kappa shape index (κ2) is 4.82. The second-order valence-electron chi connectivity index (χ2n) is 3.82. The molecule has 0 aromatic heterocycles. The quantitative estimate of drug-likeness (QED) is 0.827. The highest BCUT2D eigenvalue weighted by atomic mass is 16.5. The van der Waals surface area contributed by atoms with Crippen LogP contribution in [0.15, 0.2) is 24.3 Å². The Labute approximate surface area is 89.7 Å². The number of carbonyl (C=O) groups is 1. The number of hydrogen-bond acceptors (Lipinski definition) is 2. The van der Waals surface area contributed by atoms with Gasteiger partial charge in [-0.05, 0) is 30.5 Å². The molecule has 0 aliphatic rings. The molecule has 1 N–H and O–H groups in total. The summed E-state index contributed by atoms with van der Waals surface area (Å²) in [6.45, 7) is 5.73. The van der Waals surface area contributed by atoms with Gasteiger partial charge in [0.05, 0.1) is 0 Å². The van der Waals surface area contributed by atoms with Gasteiger partial charge in [0.1, 0.15) is 5.75 Å². The number of benzene rings is 1. The smallest absolute Gasteiger partial charge is 0.344 e. The van der Waals surface area contributed by atoms with Gasteiger partial charge in [-0.3, -0.25) is 0 Å². The van der Waals surface area contributed by atoms with Crippen molar-refractivity contribution in [3.8, 4) is 5.75 Å². The predicted octanol–water partition coefficient (Wildman–Crippen LogP) is 2.66. The molecule has 0 aliphatic carbocycles. The molecule has 0 spiro atoms. The van der Waals surface area contributed by atoms with Crippen LogP contribution in [0.2, 0.25) is 0 Å². The van der Waals surface area contributed by atoms with Gasteiger partial charge in [-0.2, -0.15) is 0 Å². The van der Waals surface area contributed by atoms with Crippen molar-refractivity contribution in [2.24, 2.45) is 0 Å². The number of aliphatic carboxylic acids is 1. The minimum Gasteiger partial charge on any atom is -0.479 e. The standard InChI is InChI=1S/C12H16O3/c1-8(2)10-4-6-11(7-5-10)15-9(3)12(13)14/h4-9H,1-3H3,(H,13,14)/t9-/m0/s1. The Morgan fingerprint density at radius 2 is 1.73 bits per heavy atom. The summed E-state index contributed by atoms with van der Waals surface area (Å²) in [4.78, 5) is 10.6. The van der Waals surface area contributed by atoms with E-state index in [1.54, 1.807) is 12.1 Å². The number of carboxylic acids is 1. The predicted molar refractivity (Wildman–Crippen MR) is 58.3 cm³/mol. The van der Waals surface area contributed by atoms with Gasteiger partial charge >= 0.3 is 5.97 Å². The van der Waals surface area contributed by atoms with Crippen LogP contribution in [0.5, 0.6) is 5.75 Å². The van der Waals surface area contributed by atoms with Gasteiger partial charge in [-0.25, -0.2) is 4.79 Å². The monoisotopic (exact) mass is 208 g/mol. The Balaban J connectivity index is 2.68. The van der Waals surface area contributed by atoms with E-state index in [1.165, 1.54) is 12.5 Å². The van der Waals surface area contributed by atoms with Crippen LogP contribution in [0.25, 0.3) is 0 Å². The van der Waals surface area contributed by atoms with Crippen LogP contribution in [0.3, 0.4) is 0 Å². The van der Waals surface area contributed by atoms with Crippen molar-refractivity contribution < 1.29 is 14.6 Å². The number of rotatable bonds is 4. The van der Waals surface area contributed by atoms with E-state index in [9.17, 15) is 4.79 Å². The summed E-state index contributed by atoms with van der Waals surface area (Å²) in [5.41, 5.74) is 1.21. The number of carboxylic acid groups (broad SMARTS) is 1. The van der Waals surface area contributed by atoms with E-state index in [-0.39, 0.29) is 0 Å². The van der Waals surface area contributed by atoms with Crippen LogP contribution in [-0.2, 0) is 4.79 Å². The number of hydrogen-bond donors (Lipinski definition) is 1. The van der Waals surface area contributed by atoms with Gasteiger partial charge in [0.2, 0.25) is 0 Å². The zero-order chi connectivity index (χ0) is 11.4. The molecule has 0 saturated heterocycles. The molecule has 0 fully saturated rings. The first-order valence-electron chi connectivity index (χ1n) is 5.00. The first-order valence-corrected chi connectivity index (χ1v) is 5.00. The SMILES string of the molecule is CC(C)c1ccc(O[C@@H](C)C(=O)O)cc1. The summed E-state index contributed by atoms with van der Waals surface area (Å²) in [6.07, 6.45) is -0.810. The molecule has 0 aliphatic heterocycles. The van der Waals surface area contributed by atoms with Gasteiger partial charge in [-0.15, -0.1) is 0 Å². The van der Waals surface area contributed by atoms with Gasteiger partial charge in [0.15, 0.2) is 6.10 Å². The first-order chi connectivity index (χ1) is 7.00. The molecule has 1 aromatic rings. The van der Waals surface area contributed by atoms with Crippen molar-refractivity contribution in [2.75, 3.05) is 0 Å². The molecule has 15 heavy (non-hydrogen) atoms. The minimum atomic E-state index is -0.956. The normalized spacial score (nSPS) is 12.5. The van der Waals surface area contributed by atoms with Crippen molar-refractivity contribution in [1.82, 2.24) is 0 Å². The molecule has 1 atom stereocenters. The topological polar surface area (TPSA) is 46.5 Å². The molecule has 0 radical (unpaired) electrons. The summed E-state index contributed by atoms with van der Waals surface area (Å²) in [5.74, 6) is 0.105. The van der Waals surface area contributed by atoms with E-state index >= 15 is 0 Å². The third-order valence-electron chi connectivity index (χ3n) is 2.21. The molecule has 82 valence electrons. The van der Waals surface area contributed by atoms with Crippen LogP contribution in [0.1, 0.15) is 32.3 Å². The van der Waals surface area contributed by atoms with E-state index in [0.29, 0.717) is 11.7 Å². The van der Waals surface area contributed by atoms with Crippen LogP contribution in [-0.4, -0.2) is 17.2 Å². The molecule has 0 heterocycles. The summed E-state index contributed by atoms with van der Waals surface area (Å²) < 4.78 is 5.21. The summed E-state index contributed by atoms with van der Waals surface area (Å²) in [7, 11) is 0. The van der Waals surface area contributed by atoms with Gasteiger partial charge in [-0.1, -0.05) is 26.0 Å². The highest BCUT2D eigenvalue weighted by Crippen LogP contribution is 2.19. The maximum Gasteiger partial charge on any atom is 0.344 e. The summed E-state index contributed by atoms with van der Waals surface area (Å²) in [6, 6.07) is 7.51. The first kappa shape index (κ1) is 11.6. The fourth-order valence-electron chi connectivity index (χ4n) is 1.19. The second-order valence-corrected chi connectivity index (χ2v) is 3.82. The third kappa shape index (κ3) is 3.27. The van der Waals surface area contributed by atoms with Gasteiger partial charge in [0, 0.05) is 0 Å². The lowest BCUT2D eigenvalue weighted by atomic mass is 10.0. The number of ether oxygens (including phenoxy) is 1. The Morgan fingerprint density at radius 3 is 2.13 bits per heavy atom. The lowest BCUT2D eigenvalue weighted by molar-refractivity contribution is -0.144. The zero-order valence-electron chi connectivity index (χ0n) is 9.23. The van der Waals surface area contributed by atoms with Crippen molar-refractivity contribution in [3.63, 3.8) is 0 Å². The molecule has 1 rings (SSSR count). The van der Waals surface area contributed by atoms with Crippen LogP contribution in [0.4, 0.5) is 0 Å². The van der Waals surface area contributed by atoms with Gasteiger partial charge in [0.25, 0.3) is 0 Å². The molecular formula is C12H16O3. The molecular weight excluding hydrogens is 192 g/mol. The lowest BCUT2D eigenvalue weighted by Gasteiger charge is -2.11.